The first kappa shape index (κ1) is 42.1. The van der Waals surface area contributed by atoms with Crippen molar-refractivity contribution in [2.24, 2.45) is 10.7 Å². The van der Waals surface area contributed by atoms with Crippen molar-refractivity contribution in [3.05, 3.63) is 112 Å². The van der Waals surface area contributed by atoms with Crippen molar-refractivity contribution in [3.8, 4) is 5.75 Å². The minimum Gasteiger partial charge on any atom is -0.508 e. The molecule has 56 heavy (non-hydrogen) atoms. The molecule has 0 aliphatic carbocycles. The van der Waals surface area contributed by atoms with E-state index in [4.69, 9.17) is 10.5 Å². The van der Waals surface area contributed by atoms with Crippen LogP contribution in [0, 0.1) is 10.1 Å². The molecule has 1 heterocycles. The average Bonchev–Trinajstić information content (AvgIpc) is 3.55. The zero-order chi connectivity index (χ0) is 40.7. The van der Waals surface area contributed by atoms with E-state index in [1.54, 1.807) is 62.6 Å². The maximum Gasteiger partial charge on any atom is 0.408 e. The molecule has 9 N–H and O–H groups in total. The number of amides is 4. The number of aromatic amines is 1. The Kier molecular flexibility index (Phi) is 15.1. The molecule has 0 saturated heterocycles. The summed E-state index contributed by atoms with van der Waals surface area (Å²) in [4.78, 5) is 72.4. The third-order valence-electron chi connectivity index (χ3n) is 8.44. The largest absolute Gasteiger partial charge is 0.508 e. The van der Waals surface area contributed by atoms with Gasteiger partial charge in [0.1, 0.15) is 29.5 Å². The molecule has 298 valence electrons. The maximum atomic E-state index is 14.1. The first-order chi connectivity index (χ1) is 26.7. The van der Waals surface area contributed by atoms with E-state index in [0.717, 1.165) is 16.5 Å². The van der Waals surface area contributed by atoms with Crippen molar-refractivity contribution in [1.82, 2.24) is 31.7 Å². The van der Waals surface area contributed by atoms with E-state index < -0.39 is 58.5 Å². The Hall–Kier alpha value is -6.65. The smallest absolute Gasteiger partial charge is 0.408 e. The van der Waals surface area contributed by atoms with E-state index in [1.807, 2.05) is 36.5 Å². The van der Waals surface area contributed by atoms with Crippen LogP contribution in [0.15, 0.2) is 90.1 Å². The molecule has 4 rings (SSSR count). The molecule has 4 amide bonds. The molecule has 0 bridgehead atoms. The summed E-state index contributed by atoms with van der Waals surface area (Å²) < 4.78 is 5.41. The summed E-state index contributed by atoms with van der Waals surface area (Å²) in [7, 11) is 0. The topological polar surface area (TPSA) is 255 Å². The number of phenolic OH excluding ortho intramolecular Hbond substituents is 1. The molecule has 17 nitrogen and oxygen atoms in total. The monoisotopic (exact) mass is 771 g/mol. The lowest BCUT2D eigenvalue weighted by Crippen LogP contribution is -2.58. The Bertz CT molecular complexity index is 1980. The van der Waals surface area contributed by atoms with Crippen LogP contribution in [0.3, 0.4) is 0 Å². The highest BCUT2D eigenvalue weighted by molar-refractivity contribution is 5.94. The summed E-state index contributed by atoms with van der Waals surface area (Å²) in [5, 5.41) is 31.7. The SMILES string of the molecule is CC(C)(C)OC(=O)N[C@@H](Cc1ccc(O)cc1)C(=O)N[C@H](Cc1ccccc1)C(=O)N[C@@H](CCCN=C(N)N[N+](=O)[O-])C(=O)NCCc1c[nH]c2ccccc12. The number of guanidine groups is 1. The van der Waals surface area contributed by atoms with E-state index in [1.165, 1.54) is 12.1 Å². The minimum atomic E-state index is -1.20. The van der Waals surface area contributed by atoms with Gasteiger partial charge in [-0.25, -0.2) is 19.9 Å². The molecular formula is C39H49N9O8. The van der Waals surface area contributed by atoms with E-state index in [9.17, 15) is 34.4 Å². The van der Waals surface area contributed by atoms with Gasteiger partial charge in [-0.15, -0.1) is 0 Å². The van der Waals surface area contributed by atoms with Gasteiger partial charge in [0, 0.05) is 43.0 Å². The van der Waals surface area contributed by atoms with Gasteiger partial charge in [-0.1, -0.05) is 66.1 Å². The molecule has 0 aliphatic heterocycles. The van der Waals surface area contributed by atoms with Crippen LogP contribution in [0.2, 0.25) is 0 Å². The standard InChI is InChI=1S/C39H49N9O8/c1-39(2,3)56-38(53)46-33(23-26-15-17-28(49)18-16-26)36(52)45-32(22-25-10-5-4-6-11-25)35(51)44-31(14-9-20-42-37(40)47-48(54)55)34(50)41-21-19-27-24-43-30-13-8-7-12-29(27)30/h4-8,10-13,15-18,24,31-33,43,49H,9,14,19-23H2,1-3H3,(H,41,50)(H,44,51)(H,45,52)(H,46,53)(H3,40,42,47)/t31-,32+,33-/m0/s1. The molecule has 0 saturated carbocycles. The predicted molar refractivity (Wildman–Crippen MR) is 210 cm³/mol. The number of fused-ring (bicyclic) bond motifs is 1. The van der Waals surface area contributed by atoms with Crippen molar-refractivity contribution in [3.63, 3.8) is 0 Å². The molecule has 3 aromatic carbocycles. The number of ether oxygens (including phenoxy) is 1. The fourth-order valence-corrected chi connectivity index (χ4v) is 5.81. The number of nitro groups is 1. The van der Waals surface area contributed by atoms with Gasteiger partial charge in [0.05, 0.1) is 0 Å². The van der Waals surface area contributed by atoms with E-state index >= 15 is 0 Å². The number of nitrogens with zero attached hydrogens (tertiary/aromatic N) is 2. The molecular weight excluding hydrogens is 722 g/mol. The van der Waals surface area contributed by atoms with Crippen LogP contribution in [0.4, 0.5) is 4.79 Å². The van der Waals surface area contributed by atoms with Crippen LogP contribution in [0.25, 0.3) is 10.9 Å². The van der Waals surface area contributed by atoms with Crippen LogP contribution < -0.4 is 32.4 Å². The second-order valence-electron chi connectivity index (χ2n) is 14.1. The van der Waals surface area contributed by atoms with Crippen molar-refractivity contribution in [1.29, 1.82) is 0 Å². The number of aromatic hydroxyl groups is 1. The summed E-state index contributed by atoms with van der Waals surface area (Å²) >= 11 is 0. The van der Waals surface area contributed by atoms with Gasteiger partial charge >= 0.3 is 6.09 Å². The Labute approximate surface area is 324 Å². The number of phenols is 1. The van der Waals surface area contributed by atoms with Crippen LogP contribution >= 0.6 is 0 Å². The third kappa shape index (κ3) is 14.0. The number of alkyl carbamates (subject to hydrolysis) is 1. The summed E-state index contributed by atoms with van der Waals surface area (Å²) in [6, 6.07) is 19.4. The Morgan fingerprint density at radius 1 is 0.857 bits per heavy atom. The highest BCUT2D eigenvalue weighted by Gasteiger charge is 2.31. The Morgan fingerprint density at radius 3 is 2.12 bits per heavy atom. The molecule has 0 unspecified atom stereocenters. The Balaban J connectivity index is 1.54. The van der Waals surface area contributed by atoms with Crippen LogP contribution in [-0.4, -0.2) is 81.7 Å². The normalized spacial score (nSPS) is 13.2. The third-order valence-corrected chi connectivity index (χ3v) is 8.44. The second kappa shape index (κ2) is 20.1. The molecule has 0 aliphatic rings. The van der Waals surface area contributed by atoms with E-state index in [0.29, 0.717) is 17.5 Å². The van der Waals surface area contributed by atoms with Crippen molar-refractivity contribution in [2.45, 2.75) is 76.6 Å². The summed E-state index contributed by atoms with van der Waals surface area (Å²) in [5.41, 5.74) is 9.73. The van der Waals surface area contributed by atoms with Gasteiger partial charge in [0.2, 0.25) is 17.7 Å². The fourth-order valence-electron chi connectivity index (χ4n) is 5.81. The van der Waals surface area contributed by atoms with Crippen molar-refractivity contribution < 1.29 is 34.1 Å². The number of para-hydroxylation sites is 1. The van der Waals surface area contributed by atoms with E-state index in [2.05, 4.69) is 31.2 Å². The Morgan fingerprint density at radius 2 is 1.46 bits per heavy atom. The number of H-pyrrole nitrogens is 1. The average molecular weight is 772 g/mol. The number of rotatable bonds is 18. The molecule has 0 fully saturated rings. The quantitative estimate of drug-likeness (QED) is 0.0241. The fraction of sp³-hybridized carbons (Fsp3) is 0.359. The molecule has 3 atom stereocenters. The number of aromatic nitrogens is 1. The van der Waals surface area contributed by atoms with Gasteiger partial charge in [0.25, 0.3) is 5.96 Å². The lowest BCUT2D eigenvalue weighted by atomic mass is 10.0. The van der Waals surface area contributed by atoms with Gasteiger partial charge in [0.15, 0.2) is 5.03 Å². The van der Waals surface area contributed by atoms with Crippen LogP contribution in [0.5, 0.6) is 5.75 Å². The first-order valence-electron chi connectivity index (χ1n) is 18.1. The second-order valence-corrected chi connectivity index (χ2v) is 14.1. The number of hydrazine groups is 1. The van der Waals surface area contributed by atoms with Crippen LogP contribution in [-0.2, 0) is 38.4 Å². The maximum absolute atomic E-state index is 14.1. The van der Waals surface area contributed by atoms with Crippen molar-refractivity contribution in [2.75, 3.05) is 13.1 Å². The number of benzene rings is 3. The lowest BCUT2D eigenvalue weighted by molar-refractivity contribution is -0.525. The highest BCUT2D eigenvalue weighted by atomic mass is 16.7. The number of hydrogen-bond acceptors (Lipinski definition) is 9. The predicted octanol–water partition coefficient (Wildman–Crippen LogP) is 2.76. The van der Waals surface area contributed by atoms with Gasteiger partial charge in [-0.3, -0.25) is 14.4 Å². The number of carbonyl (C=O) groups is 4. The zero-order valence-electron chi connectivity index (χ0n) is 31.5. The number of carbonyl (C=O) groups excluding carboxylic acids is 4. The van der Waals surface area contributed by atoms with Crippen molar-refractivity contribution >= 4 is 40.7 Å². The van der Waals surface area contributed by atoms with Crippen LogP contribution in [0.1, 0.15) is 50.3 Å². The van der Waals surface area contributed by atoms with E-state index in [-0.39, 0.29) is 44.5 Å². The number of hydrogen-bond donors (Lipinski definition) is 8. The number of aliphatic imine (C=N–C) groups is 1. The first-order valence-corrected chi connectivity index (χ1v) is 18.1. The summed E-state index contributed by atoms with van der Waals surface area (Å²) in [6.07, 6.45) is 1.87. The summed E-state index contributed by atoms with van der Waals surface area (Å²) in [6.45, 7) is 5.32. The number of nitrogens with two attached hydrogens (primary N) is 1. The van der Waals surface area contributed by atoms with Gasteiger partial charge < -0.3 is 41.8 Å². The molecule has 17 heteroatoms. The number of nitrogens with one attached hydrogen (secondary N) is 6. The van der Waals surface area contributed by atoms with Gasteiger partial charge in [-0.05, 0) is 74.9 Å². The highest BCUT2D eigenvalue weighted by Crippen LogP contribution is 2.18. The lowest BCUT2D eigenvalue weighted by Gasteiger charge is -2.26. The molecule has 0 spiro atoms. The minimum absolute atomic E-state index is 0.00143. The summed E-state index contributed by atoms with van der Waals surface area (Å²) in [5.74, 6) is -2.23. The zero-order valence-corrected chi connectivity index (χ0v) is 31.5. The molecule has 1 aromatic heterocycles. The molecule has 0 radical (unpaired) electrons. The molecule has 4 aromatic rings. The van der Waals surface area contributed by atoms with Gasteiger partial charge in [-0.2, -0.15) is 0 Å².